The third-order valence-corrected chi connectivity index (χ3v) is 2.49. The maximum atomic E-state index is 11.6. The molecule has 3 N–H and O–H groups in total. The molecular weight excluding hydrogens is 216 g/mol. The van der Waals surface area contributed by atoms with Crippen LogP contribution in [0.5, 0.6) is 0 Å². The largest absolute Gasteiger partial charge is 0.289 e. The Morgan fingerprint density at radius 2 is 2.12 bits per heavy atom. The smallest absolute Gasteiger partial charge is 0.283 e. The van der Waals surface area contributed by atoms with Crippen LogP contribution in [0, 0.1) is 0 Å². The number of rotatable bonds is 3. The van der Waals surface area contributed by atoms with Crippen LogP contribution in [0.15, 0.2) is 36.4 Å². The van der Waals surface area contributed by atoms with Gasteiger partial charge in [0.2, 0.25) is 0 Å². The van der Waals surface area contributed by atoms with Crippen molar-refractivity contribution in [1.29, 1.82) is 0 Å². The first-order valence-corrected chi connectivity index (χ1v) is 5.41. The molecule has 17 heavy (non-hydrogen) atoms. The molecule has 1 aromatic carbocycles. The van der Waals surface area contributed by atoms with Gasteiger partial charge in [-0.3, -0.25) is 10.2 Å². The van der Waals surface area contributed by atoms with Crippen molar-refractivity contribution in [3.05, 3.63) is 47.8 Å². The first kappa shape index (κ1) is 11.3. The highest BCUT2D eigenvalue weighted by Gasteiger charge is 2.14. The number of amides is 1. The number of nitrogen functional groups attached to an aromatic ring is 1. The van der Waals surface area contributed by atoms with Crippen molar-refractivity contribution in [2.75, 3.05) is 0 Å². The van der Waals surface area contributed by atoms with Gasteiger partial charge in [0.15, 0.2) is 0 Å². The first-order chi connectivity index (χ1) is 8.26. The predicted octanol–water partition coefficient (Wildman–Crippen LogP) is 1.04. The lowest BCUT2D eigenvalue weighted by atomic mass is 10.3. The van der Waals surface area contributed by atoms with Crippen LogP contribution in [0.2, 0.25) is 0 Å². The van der Waals surface area contributed by atoms with Crippen LogP contribution < -0.4 is 11.3 Å². The summed E-state index contributed by atoms with van der Waals surface area (Å²) in [6, 6.07) is 11.2. The third kappa shape index (κ3) is 2.19. The maximum absolute atomic E-state index is 11.6. The molecule has 0 unspecified atom stereocenters. The zero-order chi connectivity index (χ0) is 12.3. The van der Waals surface area contributed by atoms with Crippen LogP contribution in [0.1, 0.15) is 23.1 Å². The Morgan fingerprint density at radius 3 is 2.71 bits per heavy atom. The lowest BCUT2D eigenvalue weighted by Gasteiger charge is -2.05. The van der Waals surface area contributed by atoms with Gasteiger partial charge < -0.3 is 0 Å². The number of para-hydroxylation sites is 1. The molecule has 0 aliphatic heterocycles. The molecule has 0 spiro atoms. The van der Waals surface area contributed by atoms with E-state index in [0.29, 0.717) is 5.69 Å². The van der Waals surface area contributed by atoms with Crippen LogP contribution in [0.25, 0.3) is 5.69 Å². The van der Waals surface area contributed by atoms with Gasteiger partial charge in [-0.1, -0.05) is 25.1 Å². The highest BCUT2D eigenvalue weighted by Crippen LogP contribution is 2.12. The summed E-state index contributed by atoms with van der Waals surface area (Å²) < 4.78 is 1.60. The summed E-state index contributed by atoms with van der Waals surface area (Å²) >= 11 is 0. The van der Waals surface area contributed by atoms with Crippen molar-refractivity contribution in [1.82, 2.24) is 15.2 Å². The lowest BCUT2D eigenvalue weighted by molar-refractivity contribution is 0.0946. The average molecular weight is 230 g/mol. The predicted molar refractivity (Wildman–Crippen MR) is 64.6 cm³/mol. The van der Waals surface area contributed by atoms with E-state index in [0.717, 1.165) is 17.8 Å². The van der Waals surface area contributed by atoms with Crippen LogP contribution in [0.4, 0.5) is 0 Å². The SMILES string of the molecule is CCc1cc(C(=O)NN)n(-c2ccccc2)n1. The number of benzene rings is 1. The van der Waals surface area contributed by atoms with E-state index in [4.69, 9.17) is 5.84 Å². The topological polar surface area (TPSA) is 72.9 Å². The Balaban J connectivity index is 2.52. The van der Waals surface area contributed by atoms with E-state index in [1.54, 1.807) is 10.7 Å². The van der Waals surface area contributed by atoms with Crippen LogP contribution in [-0.2, 0) is 6.42 Å². The molecule has 2 rings (SSSR count). The van der Waals surface area contributed by atoms with Crippen molar-refractivity contribution in [3.63, 3.8) is 0 Å². The second kappa shape index (κ2) is 4.80. The van der Waals surface area contributed by atoms with Gasteiger partial charge in [-0.2, -0.15) is 5.10 Å². The average Bonchev–Trinajstić information content (AvgIpc) is 2.83. The molecule has 0 bridgehead atoms. The number of aromatic nitrogens is 2. The molecule has 1 amide bonds. The Bertz CT molecular complexity index is 519. The molecule has 0 saturated heterocycles. The summed E-state index contributed by atoms with van der Waals surface area (Å²) in [7, 11) is 0. The quantitative estimate of drug-likeness (QED) is 0.470. The molecule has 0 radical (unpaired) electrons. The summed E-state index contributed by atoms with van der Waals surface area (Å²) in [5, 5.41) is 4.37. The van der Waals surface area contributed by atoms with Gasteiger partial charge in [-0.15, -0.1) is 0 Å². The number of hydrogen-bond donors (Lipinski definition) is 2. The standard InChI is InChI=1S/C12H14N4O/c1-2-9-8-11(12(17)14-13)16(15-9)10-6-4-3-5-7-10/h3-8H,2,13H2,1H3,(H,14,17). The zero-order valence-corrected chi connectivity index (χ0v) is 9.55. The summed E-state index contributed by atoms with van der Waals surface area (Å²) in [6.07, 6.45) is 0.769. The Morgan fingerprint density at radius 1 is 1.41 bits per heavy atom. The molecule has 2 aromatic rings. The van der Waals surface area contributed by atoms with Crippen LogP contribution >= 0.6 is 0 Å². The number of nitrogens with one attached hydrogen (secondary N) is 1. The number of hydrogen-bond acceptors (Lipinski definition) is 3. The van der Waals surface area contributed by atoms with E-state index < -0.39 is 0 Å². The number of aryl methyl sites for hydroxylation is 1. The summed E-state index contributed by atoms with van der Waals surface area (Å²) in [5.74, 6) is 4.81. The van der Waals surface area contributed by atoms with Gasteiger partial charge in [0.25, 0.3) is 5.91 Å². The van der Waals surface area contributed by atoms with Crippen molar-refractivity contribution < 1.29 is 4.79 Å². The minimum Gasteiger partial charge on any atom is -0.289 e. The van der Waals surface area contributed by atoms with Gasteiger partial charge in [0, 0.05) is 0 Å². The van der Waals surface area contributed by atoms with Gasteiger partial charge in [0.05, 0.1) is 11.4 Å². The fourth-order valence-corrected chi connectivity index (χ4v) is 1.60. The van der Waals surface area contributed by atoms with E-state index in [9.17, 15) is 4.79 Å². The number of carbonyl (C=O) groups excluding carboxylic acids is 1. The number of carbonyl (C=O) groups is 1. The summed E-state index contributed by atoms with van der Waals surface area (Å²) in [4.78, 5) is 11.6. The molecule has 0 aliphatic rings. The van der Waals surface area contributed by atoms with Crippen molar-refractivity contribution >= 4 is 5.91 Å². The monoisotopic (exact) mass is 230 g/mol. The number of nitrogens with two attached hydrogens (primary N) is 1. The number of nitrogens with zero attached hydrogens (tertiary/aromatic N) is 2. The molecule has 5 nitrogen and oxygen atoms in total. The normalized spacial score (nSPS) is 10.2. The molecule has 0 saturated carbocycles. The zero-order valence-electron chi connectivity index (χ0n) is 9.55. The minimum absolute atomic E-state index is 0.346. The highest BCUT2D eigenvalue weighted by molar-refractivity contribution is 5.92. The second-order valence-electron chi connectivity index (χ2n) is 3.60. The molecule has 0 aliphatic carbocycles. The Kier molecular flexibility index (Phi) is 3.20. The summed E-state index contributed by atoms with van der Waals surface area (Å²) in [5.41, 5.74) is 4.26. The maximum Gasteiger partial charge on any atom is 0.283 e. The molecule has 5 heteroatoms. The van der Waals surface area contributed by atoms with E-state index in [-0.39, 0.29) is 5.91 Å². The van der Waals surface area contributed by atoms with Gasteiger partial charge in [-0.25, -0.2) is 10.5 Å². The van der Waals surface area contributed by atoms with Crippen molar-refractivity contribution in [2.45, 2.75) is 13.3 Å². The first-order valence-electron chi connectivity index (χ1n) is 5.41. The number of hydrazine groups is 1. The van der Waals surface area contributed by atoms with Crippen molar-refractivity contribution in [2.24, 2.45) is 5.84 Å². The van der Waals surface area contributed by atoms with Gasteiger partial charge >= 0.3 is 0 Å². The van der Waals surface area contributed by atoms with Gasteiger partial charge in [0.1, 0.15) is 5.69 Å². The van der Waals surface area contributed by atoms with Crippen molar-refractivity contribution in [3.8, 4) is 5.69 Å². The Hall–Kier alpha value is -2.14. The molecule has 1 aromatic heterocycles. The van der Waals surface area contributed by atoms with E-state index >= 15 is 0 Å². The molecule has 1 heterocycles. The third-order valence-electron chi connectivity index (χ3n) is 2.49. The summed E-state index contributed by atoms with van der Waals surface area (Å²) in [6.45, 7) is 1.99. The molecule has 0 fully saturated rings. The van der Waals surface area contributed by atoms with Crippen LogP contribution in [0.3, 0.4) is 0 Å². The molecular formula is C12H14N4O. The fourth-order valence-electron chi connectivity index (χ4n) is 1.60. The second-order valence-corrected chi connectivity index (χ2v) is 3.60. The minimum atomic E-state index is -0.346. The van der Waals surface area contributed by atoms with E-state index in [1.165, 1.54) is 0 Å². The molecule has 0 atom stereocenters. The van der Waals surface area contributed by atoms with Crippen LogP contribution in [-0.4, -0.2) is 15.7 Å². The fraction of sp³-hybridized carbons (Fsp3) is 0.167. The van der Waals surface area contributed by atoms with Gasteiger partial charge in [-0.05, 0) is 24.6 Å². The van der Waals surface area contributed by atoms with E-state index in [1.807, 2.05) is 37.3 Å². The molecule has 88 valence electrons. The lowest BCUT2D eigenvalue weighted by Crippen LogP contribution is -2.31. The van der Waals surface area contributed by atoms with E-state index in [2.05, 4.69) is 10.5 Å². The Labute approximate surface area is 99.2 Å². The highest BCUT2D eigenvalue weighted by atomic mass is 16.2.